The van der Waals surface area contributed by atoms with Gasteiger partial charge in [0.15, 0.2) is 0 Å². The molecule has 3 rings (SSSR count). The van der Waals surface area contributed by atoms with Crippen LogP contribution in [0, 0.1) is 23.7 Å². The molecule has 0 radical (unpaired) electrons. The summed E-state index contributed by atoms with van der Waals surface area (Å²) >= 11 is 0. The predicted molar refractivity (Wildman–Crippen MR) is 79.3 cm³/mol. The van der Waals surface area contributed by atoms with Gasteiger partial charge in [-0.2, -0.15) is 0 Å². The zero-order valence-electron chi connectivity index (χ0n) is 11.7. The maximum atomic E-state index is 3.57. The van der Waals surface area contributed by atoms with Gasteiger partial charge in [-0.15, -0.1) is 12.4 Å². The molecular formula is C15H29ClN2. The average molecular weight is 273 g/mol. The Morgan fingerprint density at radius 2 is 1.72 bits per heavy atom. The van der Waals surface area contributed by atoms with Gasteiger partial charge < -0.3 is 10.2 Å². The van der Waals surface area contributed by atoms with Crippen LogP contribution in [0.15, 0.2) is 0 Å². The largest absolute Gasteiger partial charge is 0.316 e. The standard InChI is InChI=1S/C15H28N2.ClH/c1-12-2-4-13(5-3-12)10-17-7-6-14-8-16-9-15(14)11-17;/h12-16H,2-11H2,1H3;1H. The molecule has 2 unspecified atom stereocenters. The highest BCUT2D eigenvalue weighted by Gasteiger charge is 2.33. The fraction of sp³-hybridized carbons (Fsp3) is 1.00. The zero-order chi connectivity index (χ0) is 11.7. The number of fused-ring (bicyclic) bond motifs is 1. The first-order chi connectivity index (χ1) is 8.31. The Balaban J connectivity index is 0.00000120. The first-order valence-electron chi connectivity index (χ1n) is 7.74. The van der Waals surface area contributed by atoms with Crippen molar-refractivity contribution in [1.29, 1.82) is 0 Å². The molecule has 0 amide bonds. The van der Waals surface area contributed by atoms with Crippen LogP contribution in [0.25, 0.3) is 0 Å². The van der Waals surface area contributed by atoms with Crippen molar-refractivity contribution >= 4 is 12.4 Å². The van der Waals surface area contributed by atoms with Gasteiger partial charge >= 0.3 is 0 Å². The molecule has 3 aliphatic rings. The van der Waals surface area contributed by atoms with Gasteiger partial charge in [-0.1, -0.05) is 19.8 Å². The Labute approximate surface area is 118 Å². The highest BCUT2D eigenvalue weighted by molar-refractivity contribution is 5.85. The summed E-state index contributed by atoms with van der Waals surface area (Å²) in [5.41, 5.74) is 0. The summed E-state index contributed by atoms with van der Waals surface area (Å²) in [6.07, 6.45) is 7.38. The Morgan fingerprint density at radius 1 is 1.00 bits per heavy atom. The molecule has 2 saturated heterocycles. The summed E-state index contributed by atoms with van der Waals surface area (Å²) in [7, 11) is 0. The van der Waals surface area contributed by atoms with Crippen LogP contribution < -0.4 is 5.32 Å². The van der Waals surface area contributed by atoms with E-state index in [1.807, 2.05) is 0 Å². The second-order valence-corrected chi connectivity index (χ2v) is 6.85. The molecule has 0 aromatic rings. The van der Waals surface area contributed by atoms with Gasteiger partial charge in [0.1, 0.15) is 0 Å². The molecule has 2 aliphatic heterocycles. The molecule has 2 atom stereocenters. The quantitative estimate of drug-likeness (QED) is 0.832. The van der Waals surface area contributed by atoms with Crippen LogP contribution in [0.5, 0.6) is 0 Å². The van der Waals surface area contributed by atoms with Gasteiger partial charge in [-0.25, -0.2) is 0 Å². The normalized spacial score (nSPS) is 41.2. The van der Waals surface area contributed by atoms with Crippen LogP contribution in [0.3, 0.4) is 0 Å². The van der Waals surface area contributed by atoms with Crippen molar-refractivity contribution in [3.05, 3.63) is 0 Å². The van der Waals surface area contributed by atoms with E-state index in [0.717, 1.165) is 23.7 Å². The van der Waals surface area contributed by atoms with Crippen molar-refractivity contribution in [3.63, 3.8) is 0 Å². The van der Waals surface area contributed by atoms with Crippen molar-refractivity contribution in [2.75, 3.05) is 32.7 Å². The van der Waals surface area contributed by atoms with Crippen molar-refractivity contribution in [1.82, 2.24) is 10.2 Å². The van der Waals surface area contributed by atoms with E-state index in [1.165, 1.54) is 64.8 Å². The number of likely N-dealkylation sites (tertiary alicyclic amines) is 1. The third kappa shape index (κ3) is 3.40. The van der Waals surface area contributed by atoms with Crippen LogP contribution in [0.2, 0.25) is 0 Å². The Morgan fingerprint density at radius 3 is 2.50 bits per heavy atom. The molecule has 0 bridgehead atoms. The molecule has 2 nitrogen and oxygen atoms in total. The first kappa shape index (κ1) is 14.6. The molecule has 3 heteroatoms. The first-order valence-corrected chi connectivity index (χ1v) is 7.74. The molecule has 2 heterocycles. The number of nitrogens with zero attached hydrogens (tertiary/aromatic N) is 1. The second-order valence-electron chi connectivity index (χ2n) is 6.85. The maximum Gasteiger partial charge on any atom is 0.00251 e. The Hall–Kier alpha value is 0.210. The van der Waals surface area contributed by atoms with Crippen LogP contribution >= 0.6 is 12.4 Å². The third-order valence-electron chi connectivity index (χ3n) is 5.44. The average Bonchev–Trinajstić information content (AvgIpc) is 2.79. The molecule has 1 aliphatic carbocycles. The minimum Gasteiger partial charge on any atom is -0.316 e. The van der Waals surface area contributed by atoms with E-state index >= 15 is 0 Å². The van der Waals surface area contributed by atoms with Gasteiger partial charge in [0.2, 0.25) is 0 Å². The summed E-state index contributed by atoms with van der Waals surface area (Å²) in [6.45, 7) is 9.14. The van der Waals surface area contributed by atoms with E-state index in [4.69, 9.17) is 0 Å². The van der Waals surface area contributed by atoms with Gasteiger partial charge in [0, 0.05) is 13.1 Å². The number of rotatable bonds is 2. The van der Waals surface area contributed by atoms with Crippen molar-refractivity contribution in [2.24, 2.45) is 23.7 Å². The summed E-state index contributed by atoms with van der Waals surface area (Å²) in [6, 6.07) is 0. The van der Waals surface area contributed by atoms with Gasteiger partial charge in [0.05, 0.1) is 0 Å². The van der Waals surface area contributed by atoms with E-state index < -0.39 is 0 Å². The van der Waals surface area contributed by atoms with E-state index in [1.54, 1.807) is 0 Å². The lowest BCUT2D eigenvalue weighted by Crippen LogP contribution is -2.42. The maximum absolute atomic E-state index is 3.57. The van der Waals surface area contributed by atoms with Gasteiger partial charge in [-0.3, -0.25) is 0 Å². The number of nitrogens with one attached hydrogen (secondary N) is 1. The third-order valence-corrected chi connectivity index (χ3v) is 5.44. The van der Waals surface area contributed by atoms with E-state index in [0.29, 0.717) is 0 Å². The lowest BCUT2D eigenvalue weighted by atomic mass is 9.82. The fourth-order valence-electron chi connectivity index (χ4n) is 4.15. The number of halogens is 1. The SMILES string of the molecule is CC1CCC(CN2CCC3CNCC3C2)CC1.Cl. The number of piperidine rings is 1. The van der Waals surface area contributed by atoms with Gasteiger partial charge in [0.25, 0.3) is 0 Å². The van der Waals surface area contributed by atoms with Crippen LogP contribution in [0.4, 0.5) is 0 Å². The number of hydrogen-bond acceptors (Lipinski definition) is 2. The van der Waals surface area contributed by atoms with Crippen LogP contribution in [-0.4, -0.2) is 37.6 Å². The lowest BCUT2D eigenvalue weighted by Gasteiger charge is -2.38. The van der Waals surface area contributed by atoms with Crippen LogP contribution in [-0.2, 0) is 0 Å². The summed E-state index contributed by atoms with van der Waals surface area (Å²) < 4.78 is 0. The van der Waals surface area contributed by atoms with Gasteiger partial charge in [-0.05, 0) is 62.6 Å². The summed E-state index contributed by atoms with van der Waals surface area (Å²) in [5.74, 6) is 3.97. The van der Waals surface area contributed by atoms with Crippen molar-refractivity contribution in [2.45, 2.75) is 39.0 Å². The molecule has 0 spiro atoms. The van der Waals surface area contributed by atoms with E-state index in [-0.39, 0.29) is 12.4 Å². The molecule has 1 saturated carbocycles. The fourth-order valence-corrected chi connectivity index (χ4v) is 4.15. The topological polar surface area (TPSA) is 15.3 Å². The Bertz CT molecular complexity index is 251. The monoisotopic (exact) mass is 272 g/mol. The van der Waals surface area contributed by atoms with E-state index in [9.17, 15) is 0 Å². The molecule has 106 valence electrons. The van der Waals surface area contributed by atoms with Crippen molar-refractivity contribution < 1.29 is 0 Å². The highest BCUT2D eigenvalue weighted by Crippen LogP contribution is 2.31. The summed E-state index contributed by atoms with van der Waals surface area (Å²) in [5, 5.41) is 3.57. The lowest BCUT2D eigenvalue weighted by molar-refractivity contribution is 0.113. The van der Waals surface area contributed by atoms with Crippen molar-refractivity contribution in [3.8, 4) is 0 Å². The molecule has 18 heavy (non-hydrogen) atoms. The van der Waals surface area contributed by atoms with E-state index in [2.05, 4.69) is 17.1 Å². The summed E-state index contributed by atoms with van der Waals surface area (Å²) in [4.78, 5) is 2.77. The predicted octanol–water partition coefficient (Wildman–Crippen LogP) is 2.78. The second kappa shape index (κ2) is 6.58. The number of hydrogen-bond donors (Lipinski definition) is 1. The smallest absolute Gasteiger partial charge is 0.00251 e. The molecule has 1 N–H and O–H groups in total. The molecule has 0 aromatic carbocycles. The Kier molecular flexibility index (Phi) is 5.35. The molecular weight excluding hydrogens is 244 g/mol. The van der Waals surface area contributed by atoms with Crippen LogP contribution in [0.1, 0.15) is 39.0 Å². The zero-order valence-corrected chi connectivity index (χ0v) is 12.6. The molecule has 3 fully saturated rings. The minimum absolute atomic E-state index is 0. The molecule has 0 aromatic heterocycles. The highest BCUT2D eigenvalue weighted by atomic mass is 35.5. The minimum atomic E-state index is 0.